The molecule has 1 fully saturated rings. The van der Waals surface area contributed by atoms with E-state index < -0.39 is 23.4 Å². The Labute approximate surface area is 155 Å². The Morgan fingerprint density at radius 2 is 1.96 bits per heavy atom. The van der Waals surface area contributed by atoms with Crippen LogP contribution in [0.5, 0.6) is 5.75 Å². The molecule has 0 spiro atoms. The van der Waals surface area contributed by atoms with E-state index in [0.29, 0.717) is 24.4 Å². The maximum absolute atomic E-state index is 14.2. The van der Waals surface area contributed by atoms with Crippen LogP contribution in [0.3, 0.4) is 0 Å². The fraction of sp³-hybridized carbons (Fsp3) is 0.350. The minimum absolute atomic E-state index is 0.123. The summed E-state index contributed by atoms with van der Waals surface area (Å²) in [5.41, 5.74) is 0.544. The van der Waals surface area contributed by atoms with Gasteiger partial charge in [0.25, 0.3) is 0 Å². The first-order valence-electron chi connectivity index (χ1n) is 8.60. The van der Waals surface area contributed by atoms with Crippen LogP contribution >= 0.6 is 0 Å². The van der Waals surface area contributed by atoms with E-state index in [0.717, 1.165) is 31.1 Å². The van der Waals surface area contributed by atoms with Crippen LogP contribution in [-0.2, 0) is 9.53 Å². The highest BCUT2D eigenvalue weighted by molar-refractivity contribution is 5.75. The first-order chi connectivity index (χ1) is 13.0. The highest BCUT2D eigenvalue weighted by Crippen LogP contribution is 2.30. The Morgan fingerprint density at radius 1 is 1.26 bits per heavy atom. The zero-order valence-corrected chi connectivity index (χ0v) is 14.7. The van der Waals surface area contributed by atoms with Crippen LogP contribution in [0.2, 0.25) is 0 Å². The molecule has 7 heteroatoms. The van der Waals surface area contributed by atoms with Crippen molar-refractivity contribution in [3.8, 4) is 5.75 Å². The summed E-state index contributed by atoms with van der Waals surface area (Å²) in [6, 6.07) is 2.14. The molecule has 1 N–H and O–H groups in total. The summed E-state index contributed by atoms with van der Waals surface area (Å²) in [5.74, 6) is -2.88. The third kappa shape index (κ3) is 7.21. The predicted molar refractivity (Wildman–Crippen MR) is 94.8 cm³/mol. The van der Waals surface area contributed by atoms with E-state index in [1.54, 1.807) is 0 Å². The molecule has 1 aromatic rings. The molecule has 1 saturated carbocycles. The quantitative estimate of drug-likeness (QED) is 0.332. The molecule has 4 nitrogen and oxygen atoms in total. The van der Waals surface area contributed by atoms with Gasteiger partial charge in [-0.3, -0.25) is 4.79 Å². The topological polar surface area (TPSA) is 55.8 Å². The molecule has 0 bridgehead atoms. The van der Waals surface area contributed by atoms with Gasteiger partial charge in [-0.25, -0.2) is 13.2 Å². The molecule has 0 atom stereocenters. The number of rotatable bonds is 11. The van der Waals surface area contributed by atoms with Gasteiger partial charge in [-0.2, -0.15) is 0 Å². The van der Waals surface area contributed by atoms with Gasteiger partial charge in [-0.15, -0.1) is 0 Å². The van der Waals surface area contributed by atoms with E-state index in [4.69, 9.17) is 14.6 Å². The van der Waals surface area contributed by atoms with Gasteiger partial charge in [0.2, 0.25) is 0 Å². The Morgan fingerprint density at radius 3 is 2.56 bits per heavy atom. The average molecular weight is 382 g/mol. The van der Waals surface area contributed by atoms with Crippen molar-refractivity contribution in [1.29, 1.82) is 0 Å². The highest BCUT2D eigenvalue weighted by atomic mass is 19.1. The van der Waals surface area contributed by atoms with Crippen molar-refractivity contribution >= 4 is 11.5 Å². The molecular formula is C20H21F3O4. The van der Waals surface area contributed by atoms with Gasteiger partial charge in [0.05, 0.1) is 25.8 Å². The normalized spacial score (nSPS) is 14.9. The predicted octanol–water partition coefficient (Wildman–Crippen LogP) is 5.02. The van der Waals surface area contributed by atoms with Crippen LogP contribution in [0.15, 0.2) is 43.0 Å². The lowest BCUT2D eigenvalue weighted by atomic mass is 10.0. The summed E-state index contributed by atoms with van der Waals surface area (Å²) in [5, 5.41) is 8.55. The summed E-state index contributed by atoms with van der Waals surface area (Å²) in [6.07, 6.45) is 7.93. The minimum atomic E-state index is -1.01. The molecule has 1 aromatic carbocycles. The molecule has 27 heavy (non-hydrogen) atoms. The van der Waals surface area contributed by atoms with Crippen molar-refractivity contribution in [1.82, 2.24) is 0 Å². The highest BCUT2D eigenvalue weighted by Gasteiger charge is 2.21. The Balaban J connectivity index is 2.09. The number of benzene rings is 1. The zero-order chi connectivity index (χ0) is 19.6. The van der Waals surface area contributed by atoms with E-state index in [2.05, 4.69) is 0 Å². The van der Waals surface area contributed by atoms with Crippen LogP contribution in [0.25, 0.3) is 5.57 Å². The van der Waals surface area contributed by atoms with Gasteiger partial charge in [0.1, 0.15) is 0 Å². The molecular weight excluding hydrogens is 361 g/mol. The summed E-state index contributed by atoms with van der Waals surface area (Å²) in [7, 11) is 0. The fourth-order valence-electron chi connectivity index (χ4n) is 2.25. The van der Waals surface area contributed by atoms with Gasteiger partial charge in [-0.1, -0.05) is 6.08 Å². The van der Waals surface area contributed by atoms with Crippen LogP contribution in [-0.4, -0.2) is 24.3 Å². The number of carboxylic acids is 1. The van der Waals surface area contributed by atoms with E-state index in [1.165, 1.54) is 18.4 Å². The molecule has 0 aromatic heterocycles. The third-order valence-corrected chi connectivity index (χ3v) is 3.83. The van der Waals surface area contributed by atoms with Crippen molar-refractivity contribution < 1.29 is 32.5 Å². The lowest BCUT2D eigenvalue weighted by Crippen LogP contribution is -2.05. The molecule has 146 valence electrons. The number of aliphatic carboxylic acids is 1. The second-order valence-corrected chi connectivity index (χ2v) is 6.13. The largest absolute Gasteiger partial charge is 0.501 e. The van der Waals surface area contributed by atoms with Gasteiger partial charge in [0.15, 0.2) is 17.4 Å². The molecule has 1 aliphatic rings. The molecule has 1 aliphatic carbocycles. The van der Waals surface area contributed by atoms with E-state index in [-0.39, 0.29) is 25.0 Å². The zero-order valence-electron chi connectivity index (χ0n) is 14.7. The van der Waals surface area contributed by atoms with Gasteiger partial charge in [0, 0.05) is 6.42 Å². The fourth-order valence-corrected chi connectivity index (χ4v) is 2.25. The molecule has 0 unspecified atom stereocenters. The van der Waals surface area contributed by atoms with Gasteiger partial charge < -0.3 is 14.6 Å². The summed E-state index contributed by atoms with van der Waals surface area (Å²) in [4.78, 5) is 10.4. The van der Waals surface area contributed by atoms with Crippen molar-refractivity contribution in [3.63, 3.8) is 0 Å². The first kappa shape index (κ1) is 20.6. The smallest absolute Gasteiger partial charge is 0.303 e. The second-order valence-electron chi connectivity index (χ2n) is 6.13. The van der Waals surface area contributed by atoms with E-state index >= 15 is 0 Å². The Hall–Kier alpha value is -2.70. The van der Waals surface area contributed by atoms with Gasteiger partial charge >= 0.3 is 5.97 Å². The van der Waals surface area contributed by atoms with Crippen molar-refractivity contribution in [2.75, 3.05) is 13.2 Å². The third-order valence-electron chi connectivity index (χ3n) is 3.83. The second kappa shape index (κ2) is 10.4. The van der Waals surface area contributed by atoms with Crippen LogP contribution in [0.1, 0.15) is 31.2 Å². The van der Waals surface area contributed by atoms with Crippen molar-refractivity contribution in [3.05, 3.63) is 60.2 Å². The van der Waals surface area contributed by atoms with E-state index in [1.807, 2.05) is 0 Å². The number of ether oxygens (including phenoxy) is 2. The number of halogens is 3. The summed E-state index contributed by atoms with van der Waals surface area (Å²) in [6.45, 7) is 0.455. The molecule has 0 saturated heterocycles. The molecule has 0 heterocycles. The molecule has 2 rings (SSSR count). The molecule has 0 aliphatic heterocycles. The Kier molecular flexibility index (Phi) is 7.98. The number of hydrogen-bond acceptors (Lipinski definition) is 3. The van der Waals surface area contributed by atoms with Crippen LogP contribution in [0, 0.1) is 17.6 Å². The minimum Gasteiger partial charge on any atom is -0.501 e. The lowest BCUT2D eigenvalue weighted by Gasteiger charge is -2.10. The molecule has 0 radical (unpaired) electrons. The van der Waals surface area contributed by atoms with Gasteiger partial charge in [-0.05, 0) is 60.6 Å². The SMILES string of the molecule is O=C(O)CCCOc1c(F)cc(C(/C=C/OCC2CC2)=C/C=C/F)cc1F. The average Bonchev–Trinajstić information content (AvgIpc) is 3.43. The summed E-state index contributed by atoms with van der Waals surface area (Å²) < 4.78 is 51.2. The van der Waals surface area contributed by atoms with E-state index in [9.17, 15) is 18.0 Å². The standard InChI is InChI=1S/C20H21F3O4/c21-8-1-3-15(7-10-26-13-14-5-6-14)16-11-17(22)20(18(23)12-16)27-9-2-4-19(24)25/h1,3,7-8,10-12,14H,2,4-6,9,13H2,(H,24,25)/b8-1+,10-7+,15-3+. The van der Waals surface area contributed by atoms with Crippen molar-refractivity contribution in [2.24, 2.45) is 5.92 Å². The maximum atomic E-state index is 14.2. The maximum Gasteiger partial charge on any atom is 0.303 e. The number of hydrogen-bond donors (Lipinski definition) is 1. The van der Waals surface area contributed by atoms with Crippen molar-refractivity contribution in [2.45, 2.75) is 25.7 Å². The van der Waals surface area contributed by atoms with Crippen LogP contribution in [0.4, 0.5) is 13.2 Å². The number of allylic oxidation sites excluding steroid dienone is 4. The number of carbonyl (C=O) groups is 1. The first-order valence-corrected chi connectivity index (χ1v) is 8.60. The van der Waals surface area contributed by atoms with Crippen LogP contribution < -0.4 is 4.74 Å². The molecule has 0 amide bonds. The Bertz CT molecular complexity index is 714. The number of carboxylic acid groups (broad SMARTS) is 1. The summed E-state index contributed by atoms with van der Waals surface area (Å²) >= 11 is 0. The lowest BCUT2D eigenvalue weighted by molar-refractivity contribution is -0.137. The monoisotopic (exact) mass is 382 g/mol.